The van der Waals surface area contributed by atoms with Crippen LogP contribution in [0.3, 0.4) is 0 Å². The van der Waals surface area contributed by atoms with E-state index in [2.05, 4.69) is 0 Å². The SMILES string of the molecule is O=C(OCOC(=O)c1cc(I)c(O)c(I)c1)c1cc(I)c(O)c(I)c1. The first-order chi connectivity index (χ1) is 11.7. The lowest BCUT2D eigenvalue weighted by atomic mass is 10.2. The molecule has 0 bridgehead atoms. The number of hydrogen-bond donors (Lipinski definition) is 2. The van der Waals surface area contributed by atoms with Crippen LogP contribution >= 0.6 is 90.4 Å². The van der Waals surface area contributed by atoms with Gasteiger partial charge in [-0.25, -0.2) is 9.59 Å². The lowest BCUT2D eigenvalue weighted by molar-refractivity contribution is -0.0167. The molecular weight excluding hydrogens is 784 g/mol. The molecule has 0 amide bonds. The van der Waals surface area contributed by atoms with Crippen molar-refractivity contribution in [2.24, 2.45) is 0 Å². The minimum Gasteiger partial charge on any atom is -0.506 e. The summed E-state index contributed by atoms with van der Waals surface area (Å²) in [5.74, 6) is -1.14. The molecule has 0 saturated carbocycles. The highest BCUT2D eigenvalue weighted by molar-refractivity contribution is 14.1. The fraction of sp³-hybridized carbons (Fsp3) is 0.0667. The molecule has 6 nitrogen and oxygen atoms in total. The van der Waals surface area contributed by atoms with Gasteiger partial charge in [0.25, 0.3) is 0 Å². The Morgan fingerprint density at radius 3 is 1.28 bits per heavy atom. The smallest absolute Gasteiger partial charge is 0.341 e. The molecule has 2 aromatic rings. The molecule has 0 aromatic heterocycles. The summed E-state index contributed by atoms with van der Waals surface area (Å²) in [5.41, 5.74) is 0.493. The van der Waals surface area contributed by atoms with Crippen LogP contribution in [0.25, 0.3) is 0 Å². The Balaban J connectivity index is 1.98. The number of halogens is 4. The maximum absolute atomic E-state index is 12.0. The summed E-state index contributed by atoms with van der Waals surface area (Å²) >= 11 is 7.62. The molecule has 10 heteroatoms. The molecule has 2 rings (SSSR count). The van der Waals surface area contributed by atoms with Crippen LogP contribution in [0.4, 0.5) is 0 Å². The summed E-state index contributed by atoms with van der Waals surface area (Å²) in [6.07, 6.45) is 0. The highest BCUT2D eigenvalue weighted by Gasteiger charge is 2.16. The minimum atomic E-state index is -0.668. The van der Waals surface area contributed by atoms with Gasteiger partial charge >= 0.3 is 11.9 Å². The molecule has 0 heterocycles. The summed E-state index contributed by atoms with van der Waals surface area (Å²) in [6.45, 7) is -0.542. The normalized spacial score (nSPS) is 10.4. The fourth-order valence-corrected chi connectivity index (χ4v) is 5.21. The molecule has 132 valence electrons. The number of rotatable bonds is 4. The number of hydrogen-bond acceptors (Lipinski definition) is 6. The van der Waals surface area contributed by atoms with Gasteiger partial charge in [0.15, 0.2) is 0 Å². The maximum Gasteiger partial charge on any atom is 0.341 e. The van der Waals surface area contributed by atoms with Gasteiger partial charge in [-0.1, -0.05) is 0 Å². The van der Waals surface area contributed by atoms with Gasteiger partial charge < -0.3 is 19.7 Å². The van der Waals surface area contributed by atoms with Crippen LogP contribution < -0.4 is 0 Å². The molecule has 0 fully saturated rings. The number of ether oxygens (including phenoxy) is 2. The molecular formula is C15H8I4O6. The van der Waals surface area contributed by atoms with Crippen molar-refractivity contribution in [3.05, 3.63) is 49.7 Å². The van der Waals surface area contributed by atoms with Crippen molar-refractivity contribution in [3.8, 4) is 11.5 Å². The van der Waals surface area contributed by atoms with Crippen molar-refractivity contribution in [1.82, 2.24) is 0 Å². The van der Waals surface area contributed by atoms with Gasteiger partial charge in [0.05, 0.1) is 25.4 Å². The van der Waals surface area contributed by atoms with E-state index < -0.39 is 18.7 Å². The van der Waals surface area contributed by atoms with Gasteiger partial charge in [0.2, 0.25) is 6.79 Å². The average Bonchev–Trinajstić information content (AvgIpc) is 2.56. The quantitative estimate of drug-likeness (QED) is 0.270. The van der Waals surface area contributed by atoms with Gasteiger partial charge in [0, 0.05) is 0 Å². The van der Waals surface area contributed by atoms with Crippen LogP contribution in [0.1, 0.15) is 20.7 Å². The molecule has 0 radical (unpaired) electrons. The van der Waals surface area contributed by atoms with E-state index >= 15 is 0 Å². The molecule has 0 aliphatic heterocycles. The number of carbonyl (C=O) groups is 2. The van der Waals surface area contributed by atoms with E-state index in [4.69, 9.17) is 9.47 Å². The van der Waals surface area contributed by atoms with Crippen molar-refractivity contribution >= 4 is 102 Å². The minimum absolute atomic E-state index is 0.0979. The fourth-order valence-electron chi connectivity index (χ4n) is 1.67. The molecule has 2 N–H and O–H groups in total. The first-order valence-corrected chi connectivity index (χ1v) is 10.7. The summed E-state index contributed by atoms with van der Waals surface area (Å²) in [7, 11) is 0. The molecule has 0 atom stereocenters. The molecule has 0 spiro atoms. The first-order valence-electron chi connectivity index (χ1n) is 6.41. The largest absolute Gasteiger partial charge is 0.506 e. The van der Waals surface area contributed by atoms with E-state index in [1.165, 1.54) is 24.3 Å². The van der Waals surface area contributed by atoms with E-state index in [-0.39, 0.29) is 22.6 Å². The lowest BCUT2D eigenvalue weighted by Crippen LogP contribution is -2.13. The summed E-state index contributed by atoms with van der Waals surface area (Å²) in [6, 6.07) is 5.92. The van der Waals surface area contributed by atoms with Crippen LogP contribution in [0, 0.1) is 14.3 Å². The number of aromatic hydroxyl groups is 2. The van der Waals surface area contributed by atoms with Gasteiger partial charge in [-0.3, -0.25) is 0 Å². The highest BCUT2D eigenvalue weighted by Crippen LogP contribution is 2.28. The number of esters is 2. The summed E-state index contributed by atoms with van der Waals surface area (Å²) in [4.78, 5) is 24.0. The van der Waals surface area contributed by atoms with Gasteiger partial charge in [0.1, 0.15) is 11.5 Å². The first kappa shape index (κ1) is 21.2. The van der Waals surface area contributed by atoms with E-state index in [1.807, 2.05) is 90.4 Å². The average molecular weight is 792 g/mol. The molecule has 0 saturated heterocycles. The predicted molar refractivity (Wildman–Crippen MR) is 123 cm³/mol. The van der Waals surface area contributed by atoms with E-state index in [1.54, 1.807) is 0 Å². The van der Waals surface area contributed by atoms with Crippen LogP contribution in [-0.2, 0) is 9.47 Å². The lowest BCUT2D eigenvalue weighted by Gasteiger charge is -2.09. The Hall–Kier alpha value is -0.1000. The Labute approximate surface area is 197 Å². The third-order valence-corrected chi connectivity index (χ3v) is 6.17. The van der Waals surface area contributed by atoms with Crippen LogP contribution in [-0.4, -0.2) is 28.9 Å². The Kier molecular flexibility index (Phi) is 7.81. The van der Waals surface area contributed by atoms with Crippen molar-refractivity contribution in [2.75, 3.05) is 6.79 Å². The highest BCUT2D eigenvalue weighted by atomic mass is 127. The second kappa shape index (κ2) is 9.20. The van der Waals surface area contributed by atoms with Crippen LogP contribution in [0.2, 0.25) is 0 Å². The van der Waals surface area contributed by atoms with E-state index in [9.17, 15) is 19.8 Å². The van der Waals surface area contributed by atoms with Gasteiger partial charge in [-0.2, -0.15) is 0 Å². The molecule has 0 aliphatic rings. The number of phenolic OH excluding ortho intramolecular Hbond substituents is 2. The molecule has 0 unspecified atom stereocenters. The van der Waals surface area contributed by atoms with Crippen molar-refractivity contribution in [1.29, 1.82) is 0 Å². The third kappa shape index (κ3) is 5.44. The topological polar surface area (TPSA) is 93.1 Å². The van der Waals surface area contributed by atoms with E-state index in [0.717, 1.165) is 0 Å². The zero-order chi connectivity index (χ0) is 18.7. The predicted octanol–water partition coefficient (Wildman–Crippen LogP) is 4.49. The second-order valence-corrected chi connectivity index (χ2v) is 9.21. The number of carbonyl (C=O) groups excluding carboxylic acids is 2. The van der Waals surface area contributed by atoms with Gasteiger partial charge in [-0.05, 0) is 115 Å². The summed E-state index contributed by atoms with van der Waals surface area (Å²) < 4.78 is 11.9. The Morgan fingerprint density at radius 1 is 0.720 bits per heavy atom. The Morgan fingerprint density at radius 2 is 1.00 bits per heavy atom. The maximum atomic E-state index is 12.0. The standard InChI is InChI=1S/C15H8I4O6/c16-8-1-6(2-9(17)12(8)20)14(22)24-5-25-15(23)7-3-10(18)13(21)11(19)4-7/h1-4,20-21H,5H2. The third-order valence-electron chi connectivity index (χ3n) is 2.89. The summed E-state index contributed by atoms with van der Waals surface area (Å²) in [5, 5.41) is 19.4. The van der Waals surface area contributed by atoms with Crippen LogP contribution in [0.5, 0.6) is 11.5 Å². The van der Waals surface area contributed by atoms with Crippen molar-refractivity contribution in [2.45, 2.75) is 0 Å². The molecule has 2 aromatic carbocycles. The zero-order valence-electron chi connectivity index (χ0n) is 12.1. The second-order valence-electron chi connectivity index (χ2n) is 4.56. The number of phenols is 2. The molecule has 25 heavy (non-hydrogen) atoms. The van der Waals surface area contributed by atoms with Crippen molar-refractivity contribution in [3.63, 3.8) is 0 Å². The van der Waals surface area contributed by atoms with Crippen molar-refractivity contribution < 1.29 is 29.3 Å². The number of benzene rings is 2. The Bertz CT molecular complexity index is 736. The molecule has 0 aliphatic carbocycles. The zero-order valence-corrected chi connectivity index (χ0v) is 20.7. The monoisotopic (exact) mass is 792 g/mol. The van der Waals surface area contributed by atoms with Gasteiger partial charge in [-0.15, -0.1) is 0 Å². The van der Waals surface area contributed by atoms with E-state index in [0.29, 0.717) is 14.3 Å². The van der Waals surface area contributed by atoms with Crippen LogP contribution in [0.15, 0.2) is 24.3 Å².